The summed E-state index contributed by atoms with van der Waals surface area (Å²) in [5.41, 5.74) is 2.73. The van der Waals surface area contributed by atoms with Gasteiger partial charge in [-0.15, -0.1) is 0 Å². The van der Waals surface area contributed by atoms with Crippen molar-refractivity contribution >= 4 is 45.2 Å². The number of carbonyl (C=O) groups excluding carboxylic acids is 2. The molecule has 11 heteroatoms. The molecule has 3 rings (SSSR count). The molecule has 0 unspecified atom stereocenters. The van der Waals surface area contributed by atoms with Crippen LogP contribution >= 0.6 is 11.6 Å². The summed E-state index contributed by atoms with van der Waals surface area (Å²) >= 11 is 6.13. The summed E-state index contributed by atoms with van der Waals surface area (Å²) in [7, 11) is -2.56. The van der Waals surface area contributed by atoms with E-state index in [0.29, 0.717) is 17.1 Å². The van der Waals surface area contributed by atoms with E-state index in [1.165, 1.54) is 31.3 Å². The van der Waals surface area contributed by atoms with Gasteiger partial charge >= 0.3 is 6.03 Å². The highest BCUT2D eigenvalue weighted by Crippen LogP contribution is 2.22. The molecule has 1 heterocycles. The van der Waals surface area contributed by atoms with Gasteiger partial charge in [0.15, 0.2) is 0 Å². The van der Waals surface area contributed by atoms with E-state index in [4.69, 9.17) is 11.6 Å². The smallest absolute Gasteiger partial charge is 0.308 e. The van der Waals surface area contributed by atoms with Gasteiger partial charge in [-0.25, -0.2) is 27.5 Å². The Bertz CT molecular complexity index is 1320. The number of aryl methyl sites for hydroxylation is 3. The average Bonchev–Trinajstić information content (AvgIpc) is 2.77. The van der Waals surface area contributed by atoms with Crippen molar-refractivity contribution in [1.82, 2.24) is 15.3 Å². The molecule has 9 nitrogen and oxygen atoms in total. The molecule has 0 aliphatic rings. The van der Waals surface area contributed by atoms with Crippen LogP contribution in [0, 0.1) is 13.8 Å². The fraction of sp³-hybridized carbons (Fsp3) is 0.217. The second-order valence-corrected chi connectivity index (χ2v) is 9.90. The molecule has 3 amide bonds. The Morgan fingerprint density at radius 2 is 1.62 bits per heavy atom. The van der Waals surface area contributed by atoms with Gasteiger partial charge in [0.25, 0.3) is 15.9 Å². The number of hydrogen-bond acceptors (Lipinski definition) is 6. The van der Waals surface area contributed by atoms with Gasteiger partial charge in [0.2, 0.25) is 5.95 Å². The monoisotopic (exact) mass is 501 g/mol. The van der Waals surface area contributed by atoms with Gasteiger partial charge in [0.05, 0.1) is 15.5 Å². The van der Waals surface area contributed by atoms with Crippen molar-refractivity contribution in [2.45, 2.75) is 32.1 Å². The Hall–Kier alpha value is -3.50. The van der Waals surface area contributed by atoms with Gasteiger partial charge < -0.3 is 5.32 Å². The molecule has 0 aliphatic heterocycles. The van der Waals surface area contributed by atoms with E-state index in [9.17, 15) is 18.0 Å². The lowest BCUT2D eigenvalue weighted by molar-refractivity contribution is 0.0967. The van der Waals surface area contributed by atoms with Gasteiger partial charge in [-0.05, 0) is 68.3 Å². The molecule has 0 atom stereocenters. The molecule has 3 aromatic rings. The third kappa shape index (κ3) is 5.70. The quantitative estimate of drug-likeness (QED) is 0.524. The molecule has 0 bridgehead atoms. The van der Waals surface area contributed by atoms with Crippen molar-refractivity contribution < 1.29 is 18.0 Å². The van der Waals surface area contributed by atoms with E-state index in [1.807, 2.05) is 6.92 Å². The van der Waals surface area contributed by atoms with Crippen LogP contribution in [0.25, 0.3) is 0 Å². The summed E-state index contributed by atoms with van der Waals surface area (Å²) in [4.78, 5) is 32.9. The Balaban J connectivity index is 1.69. The molecule has 2 aromatic carbocycles. The van der Waals surface area contributed by atoms with Crippen LogP contribution in [0.5, 0.6) is 0 Å². The molecule has 34 heavy (non-hydrogen) atoms. The van der Waals surface area contributed by atoms with Crippen molar-refractivity contribution in [3.05, 3.63) is 76.1 Å². The second-order valence-electron chi connectivity index (χ2n) is 7.52. The summed E-state index contributed by atoms with van der Waals surface area (Å²) in [6.45, 7) is 5.47. The molecule has 0 saturated heterocycles. The molecule has 0 radical (unpaired) electrons. The number of nitrogens with one attached hydrogen (secondary N) is 2. The van der Waals surface area contributed by atoms with Gasteiger partial charge in [0, 0.05) is 24.1 Å². The highest BCUT2D eigenvalue weighted by atomic mass is 35.5. The number of rotatable bonds is 6. The SMILES string of the molecule is CCc1ccc(C(=O)NC(=O)Nc2ccc(S(=O)(=O)N(C)c3nc(C)cc(C)n3)cc2)c(Cl)c1. The minimum atomic E-state index is -3.93. The van der Waals surface area contributed by atoms with E-state index in [0.717, 1.165) is 16.3 Å². The molecule has 0 fully saturated rings. The number of nitrogens with zero attached hydrogens (tertiary/aromatic N) is 3. The summed E-state index contributed by atoms with van der Waals surface area (Å²) < 4.78 is 26.9. The highest BCUT2D eigenvalue weighted by molar-refractivity contribution is 7.92. The largest absolute Gasteiger partial charge is 0.326 e. The maximum Gasteiger partial charge on any atom is 0.326 e. The van der Waals surface area contributed by atoms with Crippen LogP contribution in [0.3, 0.4) is 0 Å². The third-order valence-corrected chi connectivity index (χ3v) is 7.00. The standard InChI is InChI=1S/C23H24ClN5O4S/c1-5-16-6-11-19(20(24)13-16)21(30)28-23(31)27-17-7-9-18(10-8-17)34(32,33)29(4)22-25-14(2)12-15(3)26-22/h6-13H,5H2,1-4H3,(H2,27,28,30,31). The average molecular weight is 502 g/mol. The van der Waals surface area contributed by atoms with Crippen LogP contribution in [-0.4, -0.2) is 37.4 Å². The Kier molecular flexibility index (Phi) is 7.53. The van der Waals surface area contributed by atoms with Crippen molar-refractivity contribution in [2.75, 3.05) is 16.7 Å². The fourth-order valence-electron chi connectivity index (χ4n) is 3.12. The molecule has 0 aliphatic carbocycles. The molecular weight excluding hydrogens is 478 g/mol. The van der Waals surface area contributed by atoms with Crippen molar-refractivity contribution in [3.63, 3.8) is 0 Å². The number of halogens is 1. The number of amides is 3. The number of urea groups is 1. The maximum atomic E-state index is 13.0. The number of imide groups is 1. The number of sulfonamides is 1. The summed E-state index contributed by atoms with van der Waals surface area (Å²) in [6, 6.07) is 11.5. The van der Waals surface area contributed by atoms with E-state index < -0.39 is 22.0 Å². The minimum Gasteiger partial charge on any atom is -0.308 e. The van der Waals surface area contributed by atoms with Gasteiger partial charge in [-0.3, -0.25) is 10.1 Å². The van der Waals surface area contributed by atoms with E-state index in [2.05, 4.69) is 20.6 Å². The van der Waals surface area contributed by atoms with Gasteiger partial charge in [-0.2, -0.15) is 0 Å². The zero-order valence-electron chi connectivity index (χ0n) is 19.1. The summed E-state index contributed by atoms with van der Waals surface area (Å²) in [6.07, 6.45) is 0.765. The van der Waals surface area contributed by atoms with Crippen molar-refractivity contribution in [1.29, 1.82) is 0 Å². The van der Waals surface area contributed by atoms with Gasteiger partial charge in [0.1, 0.15) is 0 Å². The lowest BCUT2D eigenvalue weighted by Gasteiger charge is -2.18. The molecule has 0 spiro atoms. The van der Waals surface area contributed by atoms with Crippen LogP contribution in [0.15, 0.2) is 53.4 Å². The van der Waals surface area contributed by atoms with E-state index >= 15 is 0 Å². The van der Waals surface area contributed by atoms with Crippen LogP contribution in [-0.2, 0) is 16.4 Å². The first-order valence-electron chi connectivity index (χ1n) is 10.3. The topological polar surface area (TPSA) is 121 Å². The van der Waals surface area contributed by atoms with Crippen molar-refractivity contribution in [2.24, 2.45) is 0 Å². The summed E-state index contributed by atoms with van der Waals surface area (Å²) in [5.74, 6) is -0.595. The predicted molar refractivity (Wildman–Crippen MR) is 131 cm³/mol. The number of aromatic nitrogens is 2. The first-order chi connectivity index (χ1) is 16.0. The van der Waals surface area contributed by atoms with Crippen LogP contribution in [0.4, 0.5) is 16.4 Å². The van der Waals surface area contributed by atoms with E-state index in [1.54, 1.807) is 38.1 Å². The van der Waals surface area contributed by atoms with Crippen LogP contribution in [0.1, 0.15) is 34.2 Å². The fourth-order valence-corrected chi connectivity index (χ4v) is 4.50. The number of anilines is 2. The Morgan fingerprint density at radius 3 is 2.18 bits per heavy atom. The zero-order valence-corrected chi connectivity index (χ0v) is 20.7. The number of carbonyl (C=O) groups is 2. The Labute approximate surface area is 203 Å². The molecule has 2 N–H and O–H groups in total. The number of hydrogen-bond donors (Lipinski definition) is 2. The zero-order chi connectivity index (χ0) is 25.0. The lowest BCUT2D eigenvalue weighted by Crippen LogP contribution is -2.34. The highest BCUT2D eigenvalue weighted by Gasteiger charge is 2.24. The van der Waals surface area contributed by atoms with Crippen LogP contribution < -0.4 is 14.9 Å². The first-order valence-corrected chi connectivity index (χ1v) is 12.1. The van der Waals surface area contributed by atoms with Gasteiger partial charge in [-0.1, -0.05) is 24.6 Å². The lowest BCUT2D eigenvalue weighted by atomic mass is 10.1. The van der Waals surface area contributed by atoms with E-state index in [-0.39, 0.29) is 21.4 Å². The second kappa shape index (κ2) is 10.2. The molecule has 0 saturated carbocycles. The first kappa shape index (κ1) is 25.1. The number of benzene rings is 2. The maximum absolute atomic E-state index is 13.0. The molecule has 178 valence electrons. The van der Waals surface area contributed by atoms with Crippen molar-refractivity contribution in [3.8, 4) is 0 Å². The normalized spacial score (nSPS) is 11.1. The molecule has 1 aromatic heterocycles. The minimum absolute atomic E-state index is 0.0115. The summed E-state index contributed by atoms with van der Waals surface area (Å²) in [5, 5.41) is 4.94. The molecular formula is C23H24ClN5O4S. The predicted octanol–water partition coefficient (Wildman–Crippen LogP) is 4.10. The third-order valence-electron chi connectivity index (χ3n) is 4.94. The van der Waals surface area contributed by atoms with Crippen LogP contribution in [0.2, 0.25) is 5.02 Å². The Morgan fingerprint density at radius 1 is 1.00 bits per heavy atom.